The summed E-state index contributed by atoms with van der Waals surface area (Å²) >= 11 is 0. The van der Waals surface area contributed by atoms with Crippen molar-refractivity contribution in [3.63, 3.8) is 0 Å². The number of nitrogens with two attached hydrogens (primary N) is 3. The summed E-state index contributed by atoms with van der Waals surface area (Å²) in [5, 5.41) is 41.3. The van der Waals surface area contributed by atoms with Crippen LogP contribution in [-0.2, 0) is 38.4 Å². The number of carboxylic acids is 1. The summed E-state index contributed by atoms with van der Waals surface area (Å²) < 4.78 is 0. The zero-order valence-electron chi connectivity index (χ0n) is 31.8. The van der Waals surface area contributed by atoms with Crippen molar-refractivity contribution < 1.29 is 53.7 Å². The first-order valence-corrected chi connectivity index (χ1v) is 18.3. The number of aliphatic hydroxyl groups is 2. The Morgan fingerprint density at radius 2 is 1.31 bits per heavy atom. The molecule has 308 valence electrons. The molecule has 20 heteroatoms. The molecule has 7 amide bonds. The first-order valence-electron chi connectivity index (χ1n) is 18.3. The number of carbonyl (C=O) groups excluding carboxylic acids is 7. The predicted octanol–water partition coefficient (Wildman–Crippen LogP) is -3.72. The van der Waals surface area contributed by atoms with Crippen molar-refractivity contribution in [3.8, 4) is 0 Å². The Hall–Kier alpha value is -4.40. The lowest BCUT2D eigenvalue weighted by molar-refractivity contribution is -0.143. The van der Waals surface area contributed by atoms with Crippen LogP contribution in [0, 0.1) is 11.8 Å². The van der Waals surface area contributed by atoms with E-state index in [1.54, 1.807) is 27.7 Å². The van der Waals surface area contributed by atoms with E-state index in [1.165, 1.54) is 11.8 Å². The number of hydrogen-bond donors (Lipinski definition) is 11. The Kier molecular flexibility index (Phi) is 20.6. The maximum absolute atomic E-state index is 13.9. The summed E-state index contributed by atoms with van der Waals surface area (Å²) in [4.78, 5) is 105. The van der Waals surface area contributed by atoms with E-state index in [1.807, 2.05) is 0 Å². The molecular formula is C34H61N9O11. The van der Waals surface area contributed by atoms with Gasteiger partial charge >= 0.3 is 5.97 Å². The summed E-state index contributed by atoms with van der Waals surface area (Å²) in [5.41, 5.74) is 16.4. The largest absolute Gasteiger partial charge is 0.480 e. The summed E-state index contributed by atoms with van der Waals surface area (Å²) in [6.45, 7) is 8.10. The number of carbonyl (C=O) groups is 8. The van der Waals surface area contributed by atoms with Gasteiger partial charge in [-0.25, -0.2) is 4.79 Å². The van der Waals surface area contributed by atoms with Crippen molar-refractivity contribution in [1.82, 2.24) is 31.5 Å². The van der Waals surface area contributed by atoms with Gasteiger partial charge in [0.05, 0.1) is 19.1 Å². The average molecular weight is 772 g/mol. The number of rotatable bonds is 24. The molecule has 1 heterocycles. The van der Waals surface area contributed by atoms with Crippen LogP contribution in [0.25, 0.3) is 0 Å². The molecule has 0 spiro atoms. The first-order chi connectivity index (χ1) is 25.2. The fraction of sp³-hybridized carbons (Fsp3) is 0.765. The van der Waals surface area contributed by atoms with E-state index >= 15 is 0 Å². The number of nitrogens with one attached hydrogen (secondary N) is 5. The van der Waals surface area contributed by atoms with Gasteiger partial charge in [-0.1, -0.05) is 27.7 Å². The molecule has 0 bridgehead atoms. The van der Waals surface area contributed by atoms with E-state index in [0.717, 1.165) is 0 Å². The number of hydrogen-bond acceptors (Lipinski definition) is 12. The van der Waals surface area contributed by atoms with Crippen LogP contribution >= 0.6 is 0 Å². The average Bonchev–Trinajstić information content (AvgIpc) is 3.57. The minimum absolute atomic E-state index is 0.0889. The molecular weight excluding hydrogens is 710 g/mol. The summed E-state index contributed by atoms with van der Waals surface area (Å²) in [7, 11) is 0. The highest BCUT2D eigenvalue weighted by Crippen LogP contribution is 2.21. The number of carboxylic acid groups (broad SMARTS) is 1. The summed E-state index contributed by atoms with van der Waals surface area (Å²) in [5.74, 6) is -7.50. The van der Waals surface area contributed by atoms with Gasteiger partial charge in [0, 0.05) is 6.54 Å². The lowest BCUT2D eigenvalue weighted by Gasteiger charge is -2.32. The van der Waals surface area contributed by atoms with Crippen molar-refractivity contribution in [1.29, 1.82) is 0 Å². The molecule has 0 aliphatic carbocycles. The van der Waals surface area contributed by atoms with Crippen LogP contribution in [0.2, 0.25) is 0 Å². The molecule has 1 fully saturated rings. The molecule has 0 saturated carbocycles. The van der Waals surface area contributed by atoms with Gasteiger partial charge in [0.25, 0.3) is 0 Å². The molecule has 0 aromatic heterocycles. The second-order valence-electron chi connectivity index (χ2n) is 14.5. The number of likely N-dealkylation sites (tertiary alicyclic amines) is 1. The highest BCUT2D eigenvalue weighted by molar-refractivity contribution is 5.98. The monoisotopic (exact) mass is 771 g/mol. The lowest BCUT2D eigenvalue weighted by Crippen LogP contribution is -2.61. The molecule has 0 aromatic rings. The van der Waals surface area contributed by atoms with Crippen molar-refractivity contribution in [2.45, 2.75) is 134 Å². The molecule has 1 aliphatic rings. The second kappa shape index (κ2) is 23.4. The fourth-order valence-electron chi connectivity index (χ4n) is 5.88. The first kappa shape index (κ1) is 47.6. The van der Waals surface area contributed by atoms with Crippen LogP contribution in [0.4, 0.5) is 0 Å². The van der Waals surface area contributed by atoms with Gasteiger partial charge in [0.1, 0.15) is 42.3 Å². The Morgan fingerprint density at radius 1 is 0.759 bits per heavy atom. The van der Waals surface area contributed by atoms with Crippen LogP contribution in [0.5, 0.6) is 0 Å². The Morgan fingerprint density at radius 3 is 1.83 bits per heavy atom. The van der Waals surface area contributed by atoms with Crippen LogP contribution in [-0.4, -0.2) is 136 Å². The van der Waals surface area contributed by atoms with Crippen LogP contribution in [0.3, 0.4) is 0 Å². The molecule has 14 N–H and O–H groups in total. The molecule has 1 rings (SSSR count). The number of amides is 7. The maximum atomic E-state index is 13.9. The zero-order valence-corrected chi connectivity index (χ0v) is 31.8. The summed E-state index contributed by atoms with van der Waals surface area (Å²) in [6.07, 6.45) is -0.263. The maximum Gasteiger partial charge on any atom is 0.326 e. The zero-order chi connectivity index (χ0) is 41.3. The van der Waals surface area contributed by atoms with Gasteiger partial charge in [-0.2, -0.15) is 0 Å². The minimum atomic E-state index is -1.57. The van der Waals surface area contributed by atoms with E-state index in [-0.39, 0.29) is 44.1 Å². The molecule has 1 aliphatic heterocycles. The van der Waals surface area contributed by atoms with Gasteiger partial charge in [0.2, 0.25) is 41.4 Å². The SMILES string of the molecule is CC(C)CC(NC(=O)C(CC(N)=O)NC(=O)C1CCCN1C(=O)C(CC(C)C)NC(=O)C(NC(=O)C(N)CO)C(C)O)C(=O)NC(CCCCN)C(=O)O. The minimum Gasteiger partial charge on any atom is -0.480 e. The third kappa shape index (κ3) is 15.9. The van der Waals surface area contributed by atoms with E-state index in [0.29, 0.717) is 25.8 Å². The van der Waals surface area contributed by atoms with E-state index in [4.69, 9.17) is 17.2 Å². The fourth-order valence-corrected chi connectivity index (χ4v) is 5.88. The Balaban J connectivity index is 3.24. The molecule has 8 atom stereocenters. The van der Waals surface area contributed by atoms with Crippen molar-refractivity contribution in [3.05, 3.63) is 0 Å². The molecule has 8 unspecified atom stereocenters. The van der Waals surface area contributed by atoms with E-state index in [2.05, 4.69) is 26.6 Å². The summed E-state index contributed by atoms with van der Waals surface area (Å²) in [6, 6.07) is -9.29. The van der Waals surface area contributed by atoms with Gasteiger partial charge in [-0.3, -0.25) is 33.6 Å². The molecule has 54 heavy (non-hydrogen) atoms. The topological polar surface area (TPSA) is 339 Å². The number of primary amides is 1. The van der Waals surface area contributed by atoms with Crippen molar-refractivity contribution in [2.24, 2.45) is 29.0 Å². The standard InChI is InChI=1S/C34H61N9O11/c1-17(2)13-22(29(48)38-21(34(53)54)9-6-7-11-35)39-30(49)23(15-26(37)46)40-31(50)25-10-8-12-43(25)33(52)24(14-18(3)4)41-32(51)27(19(5)45)42-28(47)20(36)16-44/h17-25,27,44-45H,6-16,35-36H2,1-5H3,(H2,37,46)(H,38,48)(H,39,49)(H,40,50)(H,41,51)(H,42,47)(H,53,54). The number of unbranched alkanes of at least 4 members (excludes halogenated alkanes) is 1. The van der Waals surface area contributed by atoms with Crippen LogP contribution in [0.1, 0.15) is 86.0 Å². The predicted molar refractivity (Wildman–Crippen MR) is 194 cm³/mol. The molecule has 1 saturated heterocycles. The van der Waals surface area contributed by atoms with Gasteiger partial charge in [0.15, 0.2) is 0 Å². The lowest BCUT2D eigenvalue weighted by atomic mass is 10.0. The number of nitrogens with zero attached hydrogens (tertiary/aromatic N) is 1. The number of aliphatic carboxylic acids is 1. The van der Waals surface area contributed by atoms with Crippen molar-refractivity contribution >= 4 is 47.3 Å². The highest BCUT2D eigenvalue weighted by Gasteiger charge is 2.41. The van der Waals surface area contributed by atoms with Crippen molar-refractivity contribution in [2.75, 3.05) is 19.7 Å². The van der Waals surface area contributed by atoms with Gasteiger partial charge in [-0.05, 0) is 70.3 Å². The van der Waals surface area contributed by atoms with E-state index in [9.17, 15) is 53.7 Å². The Bertz CT molecular complexity index is 1310. The van der Waals surface area contributed by atoms with Crippen LogP contribution in [0.15, 0.2) is 0 Å². The second-order valence-corrected chi connectivity index (χ2v) is 14.5. The number of aliphatic hydroxyl groups excluding tert-OH is 2. The third-order valence-corrected chi connectivity index (χ3v) is 8.70. The normalized spacial score (nSPS) is 18.1. The van der Waals surface area contributed by atoms with Gasteiger partial charge in [-0.15, -0.1) is 0 Å². The highest BCUT2D eigenvalue weighted by atomic mass is 16.4. The van der Waals surface area contributed by atoms with Gasteiger partial charge < -0.3 is 64.0 Å². The van der Waals surface area contributed by atoms with Crippen LogP contribution < -0.4 is 43.8 Å². The third-order valence-electron chi connectivity index (χ3n) is 8.70. The van der Waals surface area contributed by atoms with E-state index < -0.39 is 109 Å². The molecule has 20 nitrogen and oxygen atoms in total. The quantitative estimate of drug-likeness (QED) is 0.0421. The smallest absolute Gasteiger partial charge is 0.326 e. The Labute approximate surface area is 315 Å². The molecule has 0 radical (unpaired) electrons. The molecule has 0 aromatic carbocycles.